The second-order valence-electron chi connectivity index (χ2n) is 4.28. The van der Waals surface area contributed by atoms with Gasteiger partial charge in [-0.25, -0.2) is 0 Å². The maximum atomic E-state index is 12.7. The molecular formula is C12H12F3N5. The summed E-state index contributed by atoms with van der Waals surface area (Å²) in [5.74, 6) is 0.243. The predicted octanol–water partition coefficient (Wildman–Crippen LogP) is 2.22. The summed E-state index contributed by atoms with van der Waals surface area (Å²) in [6, 6.07) is 3.67. The van der Waals surface area contributed by atoms with Gasteiger partial charge in [0.05, 0.1) is 22.6 Å². The normalized spacial score (nSPS) is 11.6. The highest BCUT2D eigenvalue weighted by Gasteiger charge is 2.34. The van der Waals surface area contributed by atoms with Crippen molar-refractivity contribution in [1.29, 1.82) is 0 Å². The fourth-order valence-corrected chi connectivity index (χ4v) is 1.73. The third kappa shape index (κ3) is 2.31. The van der Waals surface area contributed by atoms with E-state index < -0.39 is 17.4 Å². The van der Waals surface area contributed by atoms with Crippen LogP contribution < -0.4 is 17.2 Å². The van der Waals surface area contributed by atoms with Crippen LogP contribution in [0.2, 0.25) is 0 Å². The lowest BCUT2D eigenvalue weighted by atomic mass is 10.0. The van der Waals surface area contributed by atoms with Gasteiger partial charge in [-0.15, -0.1) is 10.2 Å². The van der Waals surface area contributed by atoms with Crippen molar-refractivity contribution in [1.82, 2.24) is 10.2 Å². The van der Waals surface area contributed by atoms with Crippen molar-refractivity contribution in [2.45, 2.75) is 13.1 Å². The first-order valence-corrected chi connectivity index (χ1v) is 5.57. The molecule has 0 atom stereocenters. The lowest BCUT2D eigenvalue weighted by molar-refractivity contribution is -0.136. The fraction of sp³-hybridized carbons (Fsp3) is 0.167. The molecule has 5 nitrogen and oxygen atoms in total. The van der Waals surface area contributed by atoms with Crippen LogP contribution in [-0.2, 0) is 6.18 Å². The van der Waals surface area contributed by atoms with Gasteiger partial charge >= 0.3 is 6.18 Å². The third-order valence-electron chi connectivity index (χ3n) is 2.89. The molecule has 0 saturated carbocycles. The first-order valence-electron chi connectivity index (χ1n) is 5.57. The number of alkyl halides is 3. The van der Waals surface area contributed by atoms with Crippen molar-refractivity contribution in [2.24, 2.45) is 0 Å². The van der Waals surface area contributed by atoms with Crippen molar-refractivity contribution in [3.05, 3.63) is 29.3 Å². The van der Waals surface area contributed by atoms with Crippen LogP contribution in [0.4, 0.5) is 30.4 Å². The lowest BCUT2D eigenvalue weighted by Crippen LogP contribution is -2.11. The number of aromatic nitrogens is 2. The number of nitrogens with two attached hydrogens (primary N) is 3. The molecule has 0 saturated heterocycles. The minimum atomic E-state index is -4.56. The number of aryl methyl sites for hydroxylation is 1. The van der Waals surface area contributed by atoms with Crippen LogP contribution in [0.5, 0.6) is 0 Å². The smallest absolute Gasteiger partial charge is 0.397 e. The molecule has 1 heterocycles. The first kappa shape index (κ1) is 13.9. The van der Waals surface area contributed by atoms with Crippen molar-refractivity contribution >= 4 is 17.2 Å². The molecule has 0 unspecified atom stereocenters. The summed E-state index contributed by atoms with van der Waals surface area (Å²) in [6.07, 6.45) is -4.56. The van der Waals surface area contributed by atoms with Crippen LogP contribution >= 0.6 is 0 Å². The molecule has 20 heavy (non-hydrogen) atoms. The van der Waals surface area contributed by atoms with Gasteiger partial charge in [-0.3, -0.25) is 0 Å². The molecular weight excluding hydrogens is 271 g/mol. The van der Waals surface area contributed by atoms with Crippen LogP contribution in [0.15, 0.2) is 18.2 Å². The summed E-state index contributed by atoms with van der Waals surface area (Å²) < 4.78 is 38.1. The summed E-state index contributed by atoms with van der Waals surface area (Å²) in [4.78, 5) is 0. The van der Waals surface area contributed by atoms with Crippen molar-refractivity contribution in [2.75, 3.05) is 17.2 Å². The Morgan fingerprint density at radius 3 is 2.20 bits per heavy atom. The summed E-state index contributed by atoms with van der Waals surface area (Å²) in [5, 5.41) is 7.52. The molecule has 0 radical (unpaired) electrons. The zero-order valence-corrected chi connectivity index (χ0v) is 10.5. The van der Waals surface area contributed by atoms with E-state index >= 15 is 0 Å². The van der Waals surface area contributed by atoms with Crippen LogP contribution in [-0.4, -0.2) is 10.2 Å². The van der Waals surface area contributed by atoms with E-state index in [1.165, 1.54) is 6.07 Å². The monoisotopic (exact) mass is 283 g/mol. The molecule has 0 bridgehead atoms. The lowest BCUT2D eigenvalue weighted by Gasteiger charge is -2.14. The maximum absolute atomic E-state index is 12.7. The van der Waals surface area contributed by atoms with Crippen molar-refractivity contribution in [3.8, 4) is 11.3 Å². The van der Waals surface area contributed by atoms with E-state index in [2.05, 4.69) is 10.2 Å². The van der Waals surface area contributed by atoms with Gasteiger partial charge in [-0.2, -0.15) is 13.2 Å². The Morgan fingerprint density at radius 1 is 1.00 bits per heavy atom. The fourth-order valence-electron chi connectivity index (χ4n) is 1.73. The second-order valence-corrected chi connectivity index (χ2v) is 4.28. The van der Waals surface area contributed by atoms with Crippen molar-refractivity contribution < 1.29 is 13.2 Å². The number of anilines is 3. The molecule has 106 valence electrons. The minimum absolute atomic E-state index is 0.182. The SMILES string of the molecule is Cc1cc(-c2ccc(C(F)(F)F)c(N)c2N)nnc1N. The zero-order valence-electron chi connectivity index (χ0n) is 10.5. The van der Waals surface area contributed by atoms with Crippen LogP contribution in [0.3, 0.4) is 0 Å². The molecule has 0 aliphatic carbocycles. The van der Waals surface area contributed by atoms with E-state index in [9.17, 15) is 13.2 Å². The first-order chi connectivity index (χ1) is 9.21. The molecule has 0 aliphatic heterocycles. The predicted molar refractivity (Wildman–Crippen MR) is 70.4 cm³/mol. The standard InChI is InChI=1S/C12H12F3N5/c1-5-4-8(19-20-11(5)18)6-2-3-7(12(13,14)15)10(17)9(6)16/h2-4H,16-17H2,1H3,(H2,18,20). The molecule has 1 aromatic carbocycles. The largest absolute Gasteiger partial charge is 0.418 e. The van der Waals surface area contributed by atoms with Gasteiger partial charge in [0.25, 0.3) is 0 Å². The van der Waals surface area contributed by atoms with Gasteiger partial charge in [0.15, 0.2) is 0 Å². The number of rotatable bonds is 1. The van der Waals surface area contributed by atoms with E-state index in [4.69, 9.17) is 17.2 Å². The molecule has 0 fully saturated rings. The Labute approximate surface area is 112 Å². The molecule has 0 amide bonds. The number of nitrogens with zero attached hydrogens (tertiary/aromatic N) is 2. The molecule has 0 spiro atoms. The number of benzene rings is 1. The highest BCUT2D eigenvalue weighted by Crippen LogP contribution is 2.40. The number of halogens is 3. The van der Waals surface area contributed by atoms with Gasteiger partial charge in [-0.05, 0) is 30.7 Å². The maximum Gasteiger partial charge on any atom is 0.418 e. The Hall–Kier alpha value is -2.51. The van der Waals surface area contributed by atoms with Gasteiger partial charge in [0.1, 0.15) is 5.82 Å². The Kier molecular flexibility index (Phi) is 3.16. The quantitative estimate of drug-likeness (QED) is 0.696. The zero-order chi connectivity index (χ0) is 15.1. The number of nitrogen functional groups attached to an aromatic ring is 3. The molecule has 2 rings (SSSR count). The van der Waals surface area contributed by atoms with Crippen molar-refractivity contribution in [3.63, 3.8) is 0 Å². The Bertz CT molecular complexity index is 667. The van der Waals surface area contributed by atoms with Gasteiger partial charge < -0.3 is 17.2 Å². The Morgan fingerprint density at radius 2 is 1.65 bits per heavy atom. The highest BCUT2D eigenvalue weighted by molar-refractivity contribution is 5.85. The number of hydrogen-bond acceptors (Lipinski definition) is 5. The summed E-state index contributed by atoms with van der Waals surface area (Å²) in [7, 11) is 0. The Balaban J connectivity index is 2.59. The van der Waals surface area contributed by atoms with E-state index in [0.717, 1.165) is 6.07 Å². The van der Waals surface area contributed by atoms with E-state index in [0.29, 0.717) is 11.3 Å². The summed E-state index contributed by atoms with van der Waals surface area (Å²) in [6.45, 7) is 1.71. The average Bonchev–Trinajstić information content (AvgIpc) is 2.34. The molecule has 2 aromatic rings. The molecule has 0 aliphatic rings. The molecule has 1 aromatic heterocycles. The van der Waals surface area contributed by atoms with E-state index in [-0.39, 0.29) is 17.1 Å². The molecule has 8 heteroatoms. The van der Waals surface area contributed by atoms with E-state index in [1.54, 1.807) is 13.0 Å². The number of hydrogen-bond donors (Lipinski definition) is 3. The van der Waals surface area contributed by atoms with E-state index in [1.807, 2.05) is 0 Å². The molecule has 6 N–H and O–H groups in total. The van der Waals surface area contributed by atoms with Crippen LogP contribution in [0, 0.1) is 6.92 Å². The summed E-state index contributed by atoms with van der Waals surface area (Å²) >= 11 is 0. The van der Waals surface area contributed by atoms with Gasteiger partial charge in [0.2, 0.25) is 0 Å². The topological polar surface area (TPSA) is 104 Å². The van der Waals surface area contributed by atoms with Gasteiger partial charge in [-0.1, -0.05) is 0 Å². The highest BCUT2D eigenvalue weighted by atomic mass is 19.4. The second kappa shape index (κ2) is 4.55. The third-order valence-corrected chi connectivity index (χ3v) is 2.89. The van der Waals surface area contributed by atoms with Crippen LogP contribution in [0.25, 0.3) is 11.3 Å². The minimum Gasteiger partial charge on any atom is -0.397 e. The average molecular weight is 283 g/mol. The van der Waals surface area contributed by atoms with Gasteiger partial charge in [0, 0.05) is 5.56 Å². The van der Waals surface area contributed by atoms with Crippen LogP contribution in [0.1, 0.15) is 11.1 Å². The summed E-state index contributed by atoms with van der Waals surface area (Å²) in [5.41, 5.74) is 16.2.